The Morgan fingerprint density at radius 2 is 2.11 bits per heavy atom. The van der Waals surface area contributed by atoms with Gasteiger partial charge in [0.2, 0.25) is 0 Å². The maximum atomic E-state index is 12.0. The van der Waals surface area contributed by atoms with Crippen molar-refractivity contribution in [2.75, 3.05) is 12.9 Å². The molecule has 0 aliphatic carbocycles. The number of esters is 1. The SMILES string of the molecule is COC(=O)C1=Cc2cc(O)ccc2S(=O)(=O)CC1. The van der Waals surface area contributed by atoms with Gasteiger partial charge < -0.3 is 9.84 Å². The Hall–Kier alpha value is -1.82. The highest BCUT2D eigenvalue weighted by atomic mass is 32.2. The molecule has 96 valence electrons. The molecule has 0 amide bonds. The molecule has 0 aromatic heterocycles. The van der Waals surface area contributed by atoms with E-state index >= 15 is 0 Å². The minimum Gasteiger partial charge on any atom is -0.508 e. The Kier molecular flexibility index (Phi) is 3.13. The topological polar surface area (TPSA) is 80.7 Å². The fraction of sp³-hybridized carbons (Fsp3) is 0.250. The van der Waals surface area contributed by atoms with Crippen LogP contribution in [-0.2, 0) is 19.4 Å². The number of fused-ring (bicyclic) bond motifs is 1. The van der Waals surface area contributed by atoms with Gasteiger partial charge in [-0.1, -0.05) is 0 Å². The minimum absolute atomic E-state index is 0.0497. The molecule has 1 aliphatic heterocycles. The molecule has 6 heteroatoms. The summed E-state index contributed by atoms with van der Waals surface area (Å²) in [5.74, 6) is -0.751. The molecule has 1 aliphatic rings. The Labute approximate surface area is 105 Å². The van der Waals surface area contributed by atoms with Crippen molar-refractivity contribution in [3.8, 4) is 5.75 Å². The van der Waals surface area contributed by atoms with Crippen LogP contribution in [0.15, 0.2) is 28.7 Å². The zero-order chi connectivity index (χ0) is 13.3. The summed E-state index contributed by atoms with van der Waals surface area (Å²) in [6, 6.07) is 3.98. The van der Waals surface area contributed by atoms with Crippen molar-refractivity contribution in [3.05, 3.63) is 29.3 Å². The van der Waals surface area contributed by atoms with Gasteiger partial charge in [-0.25, -0.2) is 13.2 Å². The molecule has 0 saturated carbocycles. The third-order valence-electron chi connectivity index (χ3n) is 2.75. The van der Waals surface area contributed by atoms with Crippen molar-refractivity contribution in [2.45, 2.75) is 11.3 Å². The molecule has 0 radical (unpaired) electrons. The van der Waals surface area contributed by atoms with Crippen molar-refractivity contribution in [3.63, 3.8) is 0 Å². The van der Waals surface area contributed by atoms with E-state index in [-0.39, 0.29) is 28.4 Å². The second-order valence-corrected chi connectivity index (χ2v) is 6.03. The second-order valence-electron chi connectivity index (χ2n) is 3.95. The minimum atomic E-state index is -3.44. The second kappa shape index (κ2) is 4.45. The summed E-state index contributed by atoms with van der Waals surface area (Å²) in [6.07, 6.45) is 1.55. The van der Waals surface area contributed by atoms with Crippen molar-refractivity contribution in [2.24, 2.45) is 0 Å². The van der Waals surface area contributed by atoms with E-state index in [0.717, 1.165) is 0 Å². The number of rotatable bonds is 1. The van der Waals surface area contributed by atoms with Crippen LogP contribution in [0, 0.1) is 0 Å². The Morgan fingerprint density at radius 1 is 1.39 bits per heavy atom. The third-order valence-corrected chi connectivity index (χ3v) is 4.53. The largest absolute Gasteiger partial charge is 0.508 e. The van der Waals surface area contributed by atoms with Crippen LogP contribution in [0.5, 0.6) is 5.75 Å². The summed E-state index contributed by atoms with van der Waals surface area (Å²) in [5, 5.41) is 9.39. The zero-order valence-corrected chi connectivity index (χ0v) is 10.5. The highest BCUT2D eigenvalue weighted by Gasteiger charge is 2.25. The number of carbonyl (C=O) groups is 1. The van der Waals surface area contributed by atoms with Gasteiger partial charge >= 0.3 is 5.97 Å². The van der Waals surface area contributed by atoms with E-state index in [1.54, 1.807) is 0 Å². The van der Waals surface area contributed by atoms with Gasteiger partial charge in [0.1, 0.15) is 5.75 Å². The van der Waals surface area contributed by atoms with Crippen LogP contribution in [0.2, 0.25) is 0 Å². The van der Waals surface area contributed by atoms with Crippen LogP contribution < -0.4 is 0 Å². The smallest absolute Gasteiger partial charge is 0.333 e. The van der Waals surface area contributed by atoms with Crippen molar-refractivity contribution < 1.29 is 23.1 Å². The number of benzene rings is 1. The fourth-order valence-electron chi connectivity index (χ4n) is 1.84. The van der Waals surface area contributed by atoms with Crippen molar-refractivity contribution in [1.29, 1.82) is 0 Å². The summed E-state index contributed by atoms with van der Waals surface area (Å²) in [7, 11) is -2.20. The number of phenolic OH excluding ortho intramolecular Hbond substituents is 1. The molecule has 1 N–H and O–H groups in total. The number of hydrogen-bond donors (Lipinski definition) is 1. The molecule has 1 aromatic rings. The first kappa shape index (κ1) is 12.6. The Morgan fingerprint density at radius 3 is 2.78 bits per heavy atom. The van der Waals surface area contributed by atoms with Gasteiger partial charge in [0.15, 0.2) is 9.84 Å². The molecular formula is C12H12O5S. The van der Waals surface area contributed by atoms with Crippen LogP contribution in [0.3, 0.4) is 0 Å². The maximum absolute atomic E-state index is 12.0. The molecule has 0 atom stereocenters. The monoisotopic (exact) mass is 268 g/mol. The van der Waals surface area contributed by atoms with E-state index in [2.05, 4.69) is 4.74 Å². The standard InChI is InChI=1S/C12H12O5S/c1-17-12(14)8-4-5-18(15,16)11-3-2-10(13)7-9(11)6-8/h2-3,6-7,13H,4-5H2,1H3. The summed E-state index contributed by atoms with van der Waals surface area (Å²) in [4.78, 5) is 11.6. The van der Waals surface area contributed by atoms with Crippen molar-refractivity contribution in [1.82, 2.24) is 0 Å². The molecule has 0 fully saturated rings. The first-order valence-corrected chi connectivity index (χ1v) is 6.94. The van der Waals surface area contributed by atoms with E-state index in [4.69, 9.17) is 0 Å². The molecular weight excluding hydrogens is 256 g/mol. The van der Waals surface area contributed by atoms with Gasteiger partial charge in [0.25, 0.3) is 0 Å². The predicted molar refractivity (Wildman–Crippen MR) is 64.8 cm³/mol. The number of phenols is 1. The number of aromatic hydroxyl groups is 1. The first-order valence-electron chi connectivity index (χ1n) is 5.29. The molecule has 1 aromatic carbocycles. The lowest BCUT2D eigenvalue weighted by molar-refractivity contribution is -0.136. The average Bonchev–Trinajstić information content (AvgIpc) is 2.45. The highest BCUT2D eigenvalue weighted by Crippen LogP contribution is 2.29. The Balaban J connectivity index is 2.62. The van der Waals surface area contributed by atoms with Gasteiger partial charge in [-0.2, -0.15) is 0 Å². The number of carbonyl (C=O) groups excluding carboxylic acids is 1. The van der Waals surface area contributed by atoms with E-state index in [1.165, 1.54) is 31.4 Å². The van der Waals surface area contributed by atoms with E-state index in [9.17, 15) is 18.3 Å². The summed E-state index contributed by atoms with van der Waals surface area (Å²) in [6.45, 7) is 0. The van der Waals surface area contributed by atoms with Gasteiger partial charge in [0.05, 0.1) is 17.8 Å². The van der Waals surface area contributed by atoms with Crippen LogP contribution in [0.4, 0.5) is 0 Å². The number of ether oxygens (including phenoxy) is 1. The fourth-order valence-corrected chi connectivity index (χ4v) is 3.30. The lowest BCUT2D eigenvalue weighted by atomic mass is 10.1. The molecule has 5 nitrogen and oxygen atoms in total. The number of hydrogen-bond acceptors (Lipinski definition) is 5. The first-order chi connectivity index (χ1) is 8.44. The van der Waals surface area contributed by atoms with Crippen molar-refractivity contribution >= 4 is 21.9 Å². The van der Waals surface area contributed by atoms with E-state index in [1.807, 2.05) is 0 Å². The van der Waals surface area contributed by atoms with Gasteiger partial charge in [-0.05, 0) is 36.3 Å². The normalized spacial score (nSPS) is 17.3. The molecule has 1 heterocycles. The molecule has 0 spiro atoms. The quantitative estimate of drug-likeness (QED) is 0.772. The number of methoxy groups -OCH3 is 1. The van der Waals surface area contributed by atoms with Crippen LogP contribution in [0.1, 0.15) is 12.0 Å². The lowest BCUT2D eigenvalue weighted by Crippen LogP contribution is -2.09. The van der Waals surface area contributed by atoms with Crippen LogP contribution in [-0.4, -0.2) is 32.4 Å². The zero-order valence-electron chi connectivity index (χ0n) is 9.71. The maximum Gasteiger partial charge on any atom is 0.333 e. The summed E-state index contributed by atoms with van der Waals surface area (Å²) >= 11 is 0. The van der Waals surface area contributed by atoms with E-state index in [0.29, 0.717) is 5.56 Å². The third kappa shape index (κ3) is 2.24. The molecule has 0 saturated heterocycles. The van der Waals surface area contributed by atoms with E-state index < -0.39 is 15.8 Å². The summed E-state index contributed by atoms with van der Waals surface area (Å²) < 4.78 is 28.6. The van der Waals surface area contributed by atoms with Crippen LogP contribution >= 0.6 is 0 Å². The van der Waals surface area contributed by atoms with Gasteiger partial charge in [0, 0.05) is 5.57 Å². The molecule has 0 bridgehead atoms. The highest BCUT2D eigenvalue weighted by molar-refractivity contribution is 7.91. The molecule has 18 heavy (non-hydrogen) atoms. The Bertz CT molecular complexity index is 628. The average molecular weight is 268 g/mol. The van der Waals surface area contributed by atoms with Gasteiger partial charge in [-0.15, -0.1) is 0 Å². The van der Waals surface area contributed by atoms with Crippen LogP contribution in [0.25, 0.3) is 6.08 Å². The lowest BCUT2D eigenvalue weighted by Gasteiger charge is -2.04. The van der Waals surface area contributed by atoms with Gasteiger partial charge in [-0.3, -0.25) is 0 Å². The number of sulfone groups is 1. The molecule has 0 unspecified atom stereocenters. The molecule has 2 rings (SSSR count). The predicted octanol–water partition coefficient (Wildman–Crippen LogP) is 1.13. The summed E-state index contributed by atoms with van der Waals surface area (Å²) in [5.41, 5.74) is 0.596.